The van der Waals surface area contributed by atoms with Crippen LogP contribution in [0.1, 0.15) is 92.9 Å². The van der Waals surface area contributed by atoms with Crippen LogP contribution < -0.4 is 15.1 Å². The molecular weight excluding hydrogens is 625 g/mol. The van der Waals surface area contributed by atoms with Crippen molar-refractivity contribution in [1.82, 2.24) is 9.97 Å². The van der Waals surface area contributed by atoms with Crippen molar-refractivity contribution in [1.29, 1.82) is 0 Å². The third kappa shape index (κ3) is 6.77. The Labute approximate surface area is 295 Å². The summed E-state index contributed by atoms with van der Waals surface area (Å²) < 4.78 is 20.4. The third-order valence-electron chi connectivity index (χ3n) is 12.8. The van der Waals surface area contributed by atoms with Crippen LogP contribution in [0.25, 0.3) is 0 Å². The van der Waals surface area contributed by atoms with Crippen LogP contribution in [-0.4, -0.2) is 43.1 Å². The minimum absolute atomic E-state index is 0.0289. The van der Waals surface area contributed by atoms with Gasteiger partial charge in [0, 0.05) is 37.3 Å². The van der Waals surface area contributed by atoms with Crippen molar-refractivity contribution in [3.05, 3.63) is 91.4 Å². The topological polar surface area (TPSA) is 70.5 Å². The summed E-state index contributed by atoms with van der Waals surface area (Å²) in [7, 11) is -2.74. The molecule has 3 saturated carbocycles. The lowest BCUT2D eigenvalue weighted by Gasteiger charge is -2.57. The molecule has 4 unspecified atom stereocenters. The zero-order chi connectivity index (χ0) is 34.9. The van der Waals surface area contributed by atoms with Crippen molar-refractivity contribution >= 4 is 24.7 Å². The highest BCUT2D eigenvalue weighted by molar-refractivity contribution is 6.99. The predicted molar refractivity (Wildman–Crippen MR) is 198 cm³/mol. The largest absolute Gasteiger partial charge is 0.477 e. The molecular formula is C42H56N2O4Si. The van der Waals surface area contributed by atoms with Crippen molar-refractivity contribution < 1.29 is 18.7 Å². The molecule has 7 atom stereocenters. The Balaban J connectivity index is 1.35. The molecule has 0 bridgehead atoms. The molecule has 3 fully saturated rings. The van der Waals surface area contributed by atoms with E-state index in [0.717, 1.165) is 51.4 Å². The number of carbonyl (C=O) groups excluding carboxylic acids is 1. The fourth-order valence-corrected chi connectivity index (χ4v) is 14.8. The Morgan fingerprint density at radius 2 is 1.61 bits per heavy atom. The number of hydrogen-bond donors (Lipinski definition) is 0. The van der Waals surface area contributed by atoms with Gasteiger partial charge in [-0.3, -0.25) is 9.78 Å². The van der Waals surface area contributed by atoms with Gasteiger partial charge in [0.25, 0.3) is 8.32 Å². The molecule has 0 radical (unpaired) electrons. The fourth-order valence-electron chi connectivity index (χ4n) is 10.1. The molecule has 1 aromatic heterocycles. The standard InChI is InChI=1S/C42H56N2O4Si/c1-30-18-19-36-39(47-31(2)45)37(21-24-41(30,36)6)42(7)23-20-33(28-32(42)22-27-46-38-29-43-25-26-44-38)48-49(40(3,4)5,34-14-10-8-11-15-34)35-16-12-9-13-17-35/h8-17,25-26,29,32-33,36-37,39H,1,18-24,27-28H2,2-7H3/t32-,33-,36?,37?,39?,41?,42-/m0/s1. The molecule has 3 aliphatic carbocycles. The van der Waals surface area contributed by atoms with Gasteiger partial charge in [-0.25, -0.2) is 4.98 Å². The van der Waals surface area contributed by atoms with E-state index in [9.17, 15) is 4.79 Å². The molecule has 0 spiro atoms. The number of esters is 1. The average molecular weight is 681 g/mol. The van der Waals surface area contributed by atoms with Crippen molar-refractivity contribution in [2.45, 2.75) is 110 Å². The van der Waals surface area contributed by atoms with E-state index in [2.05, 4.69) is 112 Å². The van der Waals surface area contributed by atoms with Crippen LogP contribution in [0.5, 0.6) is 5.88 Å². The molecule has 3 aliphatic rings. The first-order valence-corrected chi connectivity index (χ1v) is 20.3. The quantitative estimate of drug-likeness (QED) is 0.122. The molecule has 1 heterocycles. The van der Waals surface area contributed by atoms with Crippen molar-refractivity contribution in [2.75, 3.05) is 6.61 Å². The molecule has 0 amide bonds. The van der Waals surface area contributed by atoms with Gasteiger partial charge in [0.2, 0.25) is 5.88 Å². The highest BCUT2D eigenvalue weighted by Crippen LogP contribution is 2.62. The fraction of sp³-hybridized carbons (Fsp3) is 0.548. The summed E-state index contributed by atoms with van der Waals surface area (Å²) in [6.45, 7) is 18.5. The second-order valence-corrected chi connectivity index (χ2v) is 20.7. The molecule has 3 aromatic rings. The lowest BCUT2D eigenvalue weighted by atomic mass is 9.51. The molecule has 49 heavy (non-hydrogen) atoms. The van der Waals surface area contributed by atoms with Crippen LogP contribution in [0.4, 0.5) is 0 Å². The smallest absolute Gasteiger partial charge is 0.302 e. The molecule has 0 N–H and O–H groups in total. The lowest BCUT2D eigenvalue weighted by Crippen LogP contribution is -2.68. The number of aromatic nitrogens is 2. The Hall–Kier alpha value is -3.29. The summed E-state index contributed by atoms with van der Waals surface area (Å²) >= 11 is 0. The van der Waals surface area contributed by atoms with E-state index in [1.807, 2.05) is 0 Å². The Bertz CT molecular complexity index is 1540. The first kappa shape index (κ1) is 35.5. The summed E-state index contributed by atoms with van der Waals surface area (Å²) in [5.74, 6) is 1.25. The average Bonchev–Trinajstić information content (AvgIpc) is 3.39. The number of benzene rings is 2. The van der Waals surface area contributed by atoms with Crippen LogP contribution in [0.15, 0.2) is 91.4 Å². The normalized spacial score (nSPS) is 30.4. The molecule has 2 aromatic carbocycles. The van der Waals surface area contributed by atoms with Gasteiger partial charge in [-0.15, -0.1) is 0 Å². The summed E-state index contributed by atoms with van der Waals surface area (Å²) in [6, 6.07) is 21.9. The maximum absolute atomic E-state index is 12.7. The maximum atomic E-state index is 12.7. The highest BCUT2D eigenvalue weighted by atomic mass is 28.4. The maximum Gasteiger partial charge on any atom is 0.302 e. The Morgan fingerprint density at radius 3 is 2.20 bits per heavy atom. The number of allylic oxidation sites excluding steroid dienone is 1. The van der Waals surface area contributed by atoms with E-state index < -0.39 is 8.32 Å². The van der Waals surface area contributed by atoms with Crippen molar-refractivity contribution in [3.8, 4) is 5.88 Å². The van der Waals surface area contributed by atoms with E-state index >= 15 is 0 Å². The first-order valence-electron chi connectivity index (χ1n) is 18.4. The molecule has 6 rings (SSSR count). The second kappa shape index (κ2) is 14.1. The minimum atomic E-state index is -2.74. The highest BCUT2D eigenvalue weighted by Gasteiger charge is 2.59. The van der Waals surface area contributed by atoms with Gasteiger partial charge in [-0.1, -0.05) is 107 Å². The van der Waals surface area contributed by atoms with Crippen LogP contribution in [-0.2, 0) is 14.0 Å². The summed E-state index contributed by atoms with van der Waals surface area (Å²) in [6.07, 6.45) is 13.0. The lowest BCUT2D eigenvalue weighted by molar-refractivity contribution is -0.173. The van der Waals surface area contributed by atoms with Gasteiger partial charge in [0.05, 0.1) is 12.8 Å². The van der Waals surface area contributed by atoms with Crippen LogP contribution >= 0.6 is 0 Å². The Morgan fingerprint density at radius 1 is 0.939 bits per heavy atom. The summed E-state index contributed by atoms with van der Waals surface area (Å²) in [5.41, 5.74) is 1.30. The number of fused-ring (bicyclic) bond motifs is 1. The van der Waals surface area contributed by atoms with Crippen LogP contribution in [0, 0.1) is 28.6 Å². The van der Waals surface area contributed by atoms with Crippen LogP contribution in [0.3, 0.4) is 0 Å². The summed E-state index contributed by atoms with van der Waals surface area (Å²) in [5, 5.41) is 2.53. The second-order valence-electron chi connectivity index (χ2n) is 16.4. The number of nitrogens with zero attached hydrogens (tertiary/aromatic N) is 2. The molecule has 262 valence electrons. The van der Waals surface area contributed by atoms with E-state index in [1.165, 1.54) is 15.9 Å². The number of hydrogen-bond acceptors (Lipinski definition) is 6. The number of carbonyl (C=O) groups is 1. The zero-order valence-electron chi connectivity index (χ0n) is 30.5. The zero-order valence-corrected chi connectivity index (χ0v) is 31.5. The monoisotopic (exact) mass is 680 g/mol. The van der Waals surface area contributed by atoms with E-state index in [0.29, 0.717) is 24.3 Å². The summed E-state index contributed by atoms with van der Waals surface area (Å²) in [4.78, 5) is 21.3. The predicted octanol–water partition coefficient (Wildman–Crippen LogP) is 8.31. The third-order valence-corrected chi connectivity index (χ3v) is 17.9. The van der Waals surface area contributed by atoms with Gasteiger partial charge in [-0.05, 0) is 83.5 Å². The number of rotatable bonds is 10. The van der Waals surface area contributed by atoms with Gasteiger partial charge in [-0.2, -0.15) is 0 Å². The van der Waals surface area contributed by atoms with Gasteiger partial charge in [0.1, 0.15) is 6.10 Å². The molecule has 0 aliphatic heterocycles. The SMILES string of the molecule is C=C1CCC2C(OC(C)=O)C([C@@]3(C)CC[C@H](O[Si](c4ccccc4)(c4ccccc4)C(C)(C)C)C[C@@H]3CCOc3cnccn3)CCC12C. The van der Waals surface area contributed by atoms with Crippen LogP contribution in [0.2, 0.25) is 5.04 Å². The molecule has 0 saturated heterocycles. The van der Waals surface area contributed by atoms with E-state index in [1.54, 1.807) is 25.5 Å². The minimum Gasteiger partial charge on any atom is -0.477 e. The van der Waals surface area contributed by atoms with Crippen molar-refractivity contribution in [3.63, 3.8) is 0 Å². The molecule has 7 heteroatoms. The van der Waals surface area contributed by atoms with Gasteiger partial charge < -0.3 is 13.9 Å². The van der Waals surface area contributed by atoms with Gasteiger partial charge >= 0.3 is 5.97 Å². The first-order chi connectivity index (χ1) is 23.4. The van der Waals surface area contributed by atoms with E-state index in [4.69, 9.17) is 13.9 Å². The van der Waals surface area contributed by atoms with Crippen molar-refractivity contribution in [2.24, 2.45) is 28.6 Å². The van der Waals surface area contributed by atoms with E-state index in [-0.39, 0.29) is 40.0 Å². The molecule has 6 nitrogen and oxygen atoms in total. The number of ether oxygens (including phenoxy) is 2. The van der Waals surface area contributed by atoms with Gasteiger partial charge in [0.15, 0.2) is 0 Å². The Kier molecular flexibility index (Phi) is 10.3.